The number of nitrogens with zero attached hydrogens (tertiary/aromatic N) is 1. The Kier molecular flexibility index (Phi) is 5.36. The first-order chi connectivity index (χ1) is 9.92. The lowest BCUT2D eigenvalue weighted by Crippen LogP contribution is -2.29. The van der Waals surface area contributed by atoms with Crippen molar-refractivity contribution in [3.8, 4) is 0 Å². The number of hydrogen-bond donors (Lipinski definition) is 1. The van der Waals surface area contributed by atoms with Crippen molar-refractivity contribution in [3.63, 3.8) is 0 Å². The third-order valence-corrected chi connectivity index (χ3v) is 4.64. The molecule has 1 unspecified atom stereocenters. The molecular formula is C16H20ClFN2S. The Balaban J connectivity index is 2.43. The highest BCUT2D eigenvalue weighted by atomic mass is 35.5. The average Bonchev–Trinajstić information content (AvgIpc) is 2.80. The van der Waals surface area contributed by atoms with Gasteiger partial charge in [-0.3, -0.25) is 0 Å². The van der Waals surface area contributed by atoms with E-state index in [1.165, 1.54) is 10.9 Å². The van der Waals surface area contributed by atoms with Gasteiger partial charge in [0.1, 0.15) is 10.8 Å². The number of rotatable bonds is 5. The fraction of sp³-hybridized carbons (Fsp3) is 0.438. The van der Waals surface area contributed by atoms with Gasteiger partial charge in [0.2, 0.25) is 0 Å². The lowest BCUT2D eigenvalue weighted by atomic mass is 10.1. The molecule has 1 N–H and O–H groups in total. The van der Waals surface area contributed by atoms with Crippen LogP contribution in [0.3, 0.4) is 0 Å². The molecule has 0 bridgehead atoms. The molecule has 0 radical (unpaired) electrons. The average molecular weight is 327 g/mol. The number of aryl methyl sites for hydroxylation is 2. The van der Waals surface area contributed by atoms with Crippen molar-refractivity contribution in [1.29, 1.82) is 0 Å². The zero-order valence-electron chi connectivity index (χ0n) is 12.7. The smallest absolute Gasteiger partial charge is 0.141 e. The van der Waals surface area contributed by atoms with E-state index in [-0.39, 0.29) is 17.1 Å². The Labute approximate surface area is 134 Å². The third-order valence-electron chi connectivity index (χ3n) is 3.27. The van der Waals surface area contributed by atoms with E-state index in [0.717, 1.165) is 22.7 Å². The molecule has 0 saturated carbocycles. The van der Waals surface area contributed by atoms with Crippen LogP contribution in [0.2, 0.25) is 5.02 Å². The van der Waals surface area contributed by atoms with E-state index in [1.54, 1.807) is 23.5 Å². The van der Waals surface area contributed by atoms with Gasteiger partial charge in [-0.05, 0) is 44.9 Å². The van der Waals surface area contributed by atoms with Crippen molar-refractivity contribution < 1.29 is 4.39 Å². The Hall–Kier alpha value is -0.970. The minimum absolute atomic E-state index is 0.0629. The van der Waals surface area contributed by atoms with Gasteiger partial charge in [-0.2, -0.15) is 0 Å². The minimum atomic E-state index is -0.395. The summed E-state index contributed by atoms with van der Waals surface area (Å²) in [6.45, 7) is 8.36. The quantitative estimate of drug-likeness (QED) is 0.845. The summed E-state index contributed by atoms with van der Waals surface area (Å²) < 4.78 is 13.4. The maximum absolute atomic E-state index is 13.4. The van der Waals surface area contributed by atoms with Gasteiger partial charge in [-0.15, -0.1) is 11.3 Å². The van der Waals surface area contributed by atoms with Crippen LogP contribution in [0.15, 0.2) is 18.2 Å². The lowest BCUT2D eigenvalue weighted by Gasteiger charge is -2.20. The Morgan fingerprint density at radius 3 is 2.62 bits per heavy atom. The van der Waals surface area contributed by atoms with Crippen molar-refractivity contribution in [2.24, 2.45) is 0 Å². The van der Waals surface area contributed by atoms with Gasteiger partial charge in [-0.25, -0.2) is 9.37 Å². The van der Waals surface area contributed by atoms with E-state index >= 15 is 0 Å². The lowest BCUT2D eigenvalue weighted by molar-refractivity contribution is 0.525. The molecule has 2 rings (SSSR count). The molecule has 1 heterocycles. The maximum Gasteiger partial charge on any atom is 0.141 e. The highest BCUT2D eigenvalue weighted by Crippen LogP contribution is 2.30. The molecule has 0 aliphatic carbocycles. The fourth-order valence-corrected chi connectivity index (χ4v) is 3.53. The normalized spacial score (nSPS) is 12.9. The SMILES string of the molecule is CCc1nc(C(NC(C)C)c2ccc(F)c(Cl)c2)sc1C. The molecule has 1 aromatic heterocycles. The zero-order chi connectivity index (χ0) is 15.6. The first kappa shape index (κ1) is 16.4. The van der Waals surface area contributed by atoms with Crippen LogP contribution in [0.1, 0.15) is 48.0 Å². The van der Waals surface area contributed by atoms with Gasteiger partial charge < -0.3 is 5.32 Å². The van der Waals surface area contributed by atoms with Crippen LogP contribution >= 0.6 is 22.9 Å². The molecule has 5 heteroatoms. The summed E-state index contributed by atoms with van der Waals surface area (Å²) in [5.74, 6) is -0.395. The first-order valence-corrected chi connectivity index (χ1v) is 8.29. The molecule has 1 aromatic carbocycles. The second kappa shape index (κ2) is 6.86. The van der Waals surface area contributed by atoms with Crippen LogP contribution in [-0.2, 0) is 6.42 Å². The molecule has 0 amide bonds. The fourth-order valence-electron chi connectivity index (χ4n) is 2.24. The highest BCUT2D eigenvalue weighted by Gasteiger charge is 2.21. The van der Waals surface area contributed by atoms with Gasteiger partial charge in [0.15, 0.2) is 0 Å². The molecular weight excluding hydrogens is 307 g/mol. The second-order valence-electron chi connectivity index (χ2n) is 5.34. The number of nitrogens with one attached hydrogen (secondary N) is 1. The summed E-state index contributed by atoms with van der Waals surface area (Å²) in [5.41, 5.74) is 2.06. The number of thiazole rings is 1. The summed E-state index contributed by atoms with van der Waals surface area (Å²) >= 11 is 7.61. The molecule has 2 aromatic rings. The Morgan fingerprint density at radius 2 is 2.10 bits per heavy atom. The van der Waals surface area contributed by atoms with E-state index in [0.29, 0.717) is 0 Å². The summed E-state index contributed by atoms with van der Waals surface area (Å²) in [6.07, 6.45) is 0.918. The van der Waals surface area contributed by atoms with Crippen LogP contribution in [0.5, 0.6) is 0 Å². The summed E-state index contributed by atoms with van der Waals surface area (Å²) in [4.78, 5) is 5.96. The summed E-state index contributed by atoms with van der Waals surface area (Å²) in [7, 11) is 0. The maximum atomic E-state index is 13.4. The largest absolute Gasteiger partial charge is 0.302 e. The van der Waals surface area contributed by atoms with Crippen molar-refractivity contribution in [3.05, 3.63) is 50.2 Å². The molecule has 0 fully saturated rings. The van der Waals surface area contributed by atoms with Crippen LogP contribution in [-0.4, -0.2) is 11.0 Å². The van der Waals surface area contributed by atoms with Crippen molar-refractivity contribution in [2.75, 3.05) is 0 Å². The molecule has 0 saturated heterocycles. The van der Waals surface area contributed by atoms with Gasteiger partial charge in [0.05, 0.1) is 16.8 Å². The molecule has 1 atom stereocenters. The number of hydrogen-bond acceptors (Lipinski definition) is 3. The predicted octanol–water partition coefficient (Wildman–Crippen LogP) is 4.89. The molecule has 21 heavy (non-hydrogen) atoms. The Morgan fingerprint density at radius 1 is 1.38 bits per heavy atom. The summed E-state index contributed by atoms with van der Waals surface area (Å²) in [6, 6.07) is 5.08. The Bertz CT molecular complexity index is 625. The van der Waals surface area contributed by atoms with Crippen molar-refractivity contribution >= 4 is 22.9 Å². The predicted molar refractivity (Wildman–Crippen MR) is 87.8 cm³/mol. The standard InChI is InChI=1S/C16H20ClFN2S/c1-5-14-10(4)21-16(20-14)15(19-9(2)3)11-6-7-13(18)12(17)8-11/h6-9,15,19H,5H2,1-4H3. The monoisotopic (exact) mass is 326 g/mol. The summed E-state index contributed by atoms with van der Waals surface area (Å²) in [5, 5.41) is 4.64. The number of benzene rings is 1. The number of aromatic nitrogens is 1. The van der Waals surface area contributed by atoms with Gasteiger partial charge in [0, 0.05) is 10.9 Å². The molecule has 114 valence electrons. The molecule has 0 aliphatic rings. The topological polar surface area (TPSA) is 24.9 Å². The first-order valence-electron chi connectivity index (χ1n) is 7.09. The van der Waals surface area contributed by atoms with Gasteiger partial charge in [0.25, 0.3) is 0 Å². The van der Waals surface area contributed by atoms with Crippen LogP contribution in [0, 0.1) is 12.7 Å². The zero-order valence-corrected chi connectivity index (χ0v) is 14.3. The van der Waals surface area contributed by atoms with Crippen molar-refractivity contribution in [2.45, 2.75) is 46.2 Å². The minimum Gasteiger partial charge on any atom is -0.302 e. The van der Waals surface area contributed by atoms with Gasteiger partial charge >= 0.3 is 0 Å². The van der Waals surface area contributed by atoms with E-state index in [9.17, 15) is 4.39 Å². The van der Waals surface area contributed by atoms with Gasteiger partial charge in [-0.1, -0.05) is 24.6 Å². The van der Waals surface area contributed by atoms with Crippen LogP contribution < -0.4 is 5.32 Å². The van der Waals surface area contributed by atoms with E-state index in [2.05, 4.69) is 33.0 Å². The highest BCUT2D eigenvalue weighted by molar-refractivity contribution is 7.11. The van der Waals surface area contributed by atoms with Crippen LogP contribution in [0.25, 0.3) is 0 Å². The molecule has 0 aliphatic heterocycles. The second-order valence-corrected chi connectivity index (χ2v) is 6.98. The van der Waals surface area contributed by atoms with E-state index in [4.69, 9.17) is 16.6 Å². The van der Waals surface area contributed by atoms with E-state index in [1.807, 2.05) is 0 Å². The van der Waals surface area contributed by atoms with E-state index < -0.39 is 5.82 Å². The molecule has 2 nitrogen and oxygen atoms in total. The number of halogens is 2. The van der Waals surface area contributed by atoms with Crippen molar-refractivity contribution in [1.82, 2.24) is 10.3 Å². The molecule has 0 spiro atoms. The third kappa shape index (κ3) is 3.82. The van der Waals surface area contributed by atoms with Crippen LogP contribution in [0.4, 0.5) is 4.39 Å².